The van der Waals surface area contributed by atoms with Crippen molar-refractivity contribution in [3.8, 4) is 0 Å². The number of hydrogen-bond donors (Lipinski definition) is 1. The third-order valence-corrected chi connectivity index (χ3v) is 7.18. The van der Waals surface area contributed by atoms with Crippen LogP contribution in [-0.2, 0) is 26.2 Å². The van der Waals surface area contributed by atoms with Gasteiger partial charge in [0.15, 0.2) is 5.78 Å². The maximum absolute atomic E-state index is 13.7. The molecule has 0 fully saturated rings. The van der Waals surface area contributed by atoms with Gasteiger partial charge in [0, 0.05) is 18.2 Å². The summed E-state index contributed by atoms with van der Waals surface area (Å²) < 4.78 is 26.4. The highest BCUT2D eigenvalue weighted by molar-refractivity contribution is 7.92. The molecule has 36 heavy (non-hydrogen) atoms. The highest BCUT2D eigenvalue weighted by atomic mass is 32.2. The topological polar surface area (TPSA) is 104 Å². The van der Waals surface area contributed by atoms with Crippen molar-refractivity contribution < 1.29 is 22.8 Å². The summed E-state index contributed by atoms with van der Waals surface area (Å²) in [5.41, 5.74) is 2.40. The SMILES string of the molecule is CC[C@H](C)NC(=O)[C@H](CC)N(Cc1cccc(C)c1)C(=O)CN(c1cccc(C(C)=O)c1)S(C)(=O)=O. The number of carbonyl (C=O) groups is 3. The normalized spacial score (nSPS) is 12.9. The molecular formula is C27H37N3O5S. The summed E-state index contributed by atoms with van der Waals surface area (Å²) in [6.07, 6.45) is 2.11. The van der Waals surface area contributed by atoms with Crippen LogP contribution in [0.4, 0.5) is 5.69 Å². The monoisotopic (exact) mass is 515 g/mol. The zero-order chi connectivity index (χ0) is 27.0. The van der Waals surface area contributed by atoms with Gasteiger partial charge in [-0.05, 0) is 51.3 Å². The number of nitrogens with zero attached hydrogens (tertiary/aromatic N) is 2. The van der Waals surface area contributed by atoms with Crippen LogP contribution in [0.5, 0.6) is 0 Å². The minimum atomic E-state index is -3.87. The Morgan fingerprint density at radius 2 is 1.67 bits per heavy atom. The molecule has 0 aromatic heterocycles. The van der Waals surface area contributed by atoms with Gasteiger partial charge in [0.2, 0.25) is 21.8 Å². The summed E-state index contributed by atoms with van der Waals surface area (Å²) in [7, 11) is -3.87. The average molecular weight is 516 g/mol. The Labute approximate surface area is 214 Å². The standard InChI is InChI=1S/C27H37N3O5S/c1-7-20(4)28-27(33)25(8-2)29(17-22-12-9-11-19(3)15-22)26(32)18-30(36(6,34)35)24-14-10-13-23(16-24)21(5)31/h9-16,20,25H,7-8,17-18H2,1-6H3,(H,28,33)/t20-,25-/m0/s1. The molecule has 0 spiro atoms. The van der Waals surface area contributed by atoms with Crippen LogP contribution in [0.1, 0.15) is 62.0 Å². The van der Waals surface area contributed by atoms with Crippen molar-refractivity contribution in [3.05, 3.63) is 65.2 Å². The van der Waals surface area contributed by atoms with E-state index in [0.717, 1.165) is 28.1 Å². The average Bonchev–Trinajstić information content (AvgIpc) is 2.81. The minimum absolute atomic E-state index is 0.0655. The van der Waals surface area contributed by atoms with Crippen LogP contribution in [-0.4, -0.2) is 55.8 Å². The largest absolute Gasteiger partial charge is 0.352 e. The highest BCUT2D eigenvalue weighted by Gasteiger charge is 2.32. The molecule has 0 bridgehead atoms. The second-order valence-corrected chi connectivity index (χ2v) is 11.0. The molecule has 2 amide bonds. The molecule has 0 saturated heterocycles. The maximum Gasteiger partial charge on any atom is 0.244 e. The number of hydrogen-bond acceptors (Lipinski definition) is 5. The van der Waals surface area contributed by atoms with Gasteiger partial charge in [-0.2, -0.15) is 0 Å². The van der Waals surface area contributed by atoms with E-state index in [0.29, 0.717) is 12.0 Å². The number of amides is 2. The van der Waals surface area contributed by atoms with Gasteiger partial charge >= 0.3 is 0 Å². The second-order valence-electron chi connectivity index (χ2n) is 9.13. The summed E-state index contributed by atoms with van der Waals surface area (Å²) >= 11 is 0. The molecule has 0 unspecified atom stereocenters. The van der Waals surface area contributed by atoms with Gasteiger partial charge in [-0.15, -0.1) is 0 Å². The van der Waals surface area contributed by atoms with E-state index in [-0.39, 0.29) is 30.0 Å². The van der Waals surface area contributed by atoms with E-state index in [1.165, 1.54) is 17.9 Å². The van der Waals surface area contributed by atoms with Crippen LogP contribution < -0.4 is 9.62 Å². The number of nitrogens with one attached hydrogen (secondary N) is 1. The van der Waals surface area contributed by atoms with E-state index < -0.39 is 28.5 Å². The number of ketones is 1. The number of aryl methyl sites for hydroxylation is 1. The molecule has 0 saturated carbocycles. The Kier molecular flexibility index (Phi) is 10.2. The van der Waals surface area contributed by atoms with Gasteiger partial charge in [-0.25, -0.2) is 8.42 Å². The lowest BCUT2D eigenvalue weighted by Gasteiger charge is -2.33. The molecule has 0 heterocycles. The third kappa shape index (κ3) is 7.91. The first kappa shape index (κ1) is 29.0. The van der Waals surface area contributed by atoms with Crippen molar-refractivity contribution in [2.75, 3.05) is 17.1 Å². The lowest BCUT2D eigenvalue weighted by atomic mass is 10.1. The van der Waals surface area contributed by atoms with Crippen LogP contribution in [0.25, 0.3) is 0 Å². The molecule has 2 atom stereocenters. The summed E-state index contributed by atoms with van der Waals surface area (Å²) in [6.45, 7) is 8.65. The Morgan fingerprint density at radius 3 is 2.22 bits per heavy atom. The fourth-order valence-corrected chi connectivity index (χ4v) is 4.70. The van der Waals surface area contributed by atoms with Crippen molar-refractivity contribution in [1.82, 2.24) is 10.2 Å². The Morgan fingerprint density at radius 1 is 1.00 bits per heavy atom. The van der Waals surface area contributed by atoms with Crippen molar-refractivity contribution in [2.24, 2.45) is 0 Å². The molecule has 2 rings (SSSR count). The minimum Gasteiger partial charge on any atom is -0.352 e. The number of anilines is 1. The van der Waals surface area contributed by atoms with Crippen LogP contribution in [0.3, 0.4) is 0 Å². The van der Waals surface area contributed by atoms with E-state index in [1.807, 2.05) is 52.0 Å². The summed E-state index contributed by atoms with van der Waals surface area (Å²) in [6, 6.07) is 12.9. The summed E-state index contributed by atoms with van der Waals surface area (Å²) in [5.74, 6) is -1.01. The van der Waals surface area contributed by atoms with Gasteiger partial charge in [0.25, 0.3) is 0 Å². The van der Waals surface area contributed by atoms with E-state index in [2.05, 4.69) is 5.32 Å². The Balaban J connectivity index is 2.48. The third-order valence-electron chi connectivity index (χ3n) is 6.04. The van der Waals surface area contributed by atoms with Crippen molar-refractivity contribution in [1.29, 1.82) is 0 Å². The Hall–Kier alpha value is -3.20. The highest BCUT2D eigenvalue weighted by Crippen LogP contribution is 2.21. The van der Waals surface area contributed by atoms with Gasteiger partial charge in [0.1, 0.15) is 12.6 Å². The van der Waals surface area contributed by atoms with E-state index >= 15 is 0 Å². The number of benzene rings is 2. The van der Waals surface area contributed by atoms with Crippen LogP contribution in [0, 0.1) is 6.92 Å². The molecule has 0 aliphatic heterocycles. The van der Waals surface area contributed by atoms with Gasteiger partial charge in [0.05, 0.1) is 11.9 Å². The van der Waals surface area contributed by atoms with Gasteiger partial charge < -0.3 is 10.2 Å². The molecule has 196 valence electrons. The zero-order valence-electron chi connectivity index (χ0n) is 21.9. The van der Waals surface area contributed by atoms with E-state index in [9.17, 15) is 22.8 Å². The molecule has 8 nitrogen and oxygen atoms in total. The predicted octanol–water partition coefficient (Wildman–Crippen LogP) is 3.69. The molecule has 1 N–H and O–H groups in total. The van der Waals surface area contributed by atoms with Crippen LogP contribution in [0.2, 0.25) is 0 Å². The van der Waals surface area contributed by atoms with Crippen LogP contribution in [0.15, 0.2) is 48.5 Å². The first-order valence-electron chi connectivity index (χ1n) is 12.1. The molecule has 0 radical (unpaired) electrons. The lowest BCUT2D eigenvalue weighted by molar-refractivity contribution is -0.140. The quantitative estimate of drug-likeness (QED) is 0.434. The first-order valence-corrected chi connectivity index (χ1v) is 14.0. The fourth-order valence-electron chi connectivity index (χ4n) is 3.86. The number of sulfonamides is 1. The molecule has 9 heteroatoms. The smallest absolute Gasteiger partial charge is 0.244 e. The number of Topliss-reactive ketones (excluding diaryl/α,β-unsaturated/α-hetero) is 1. The number of carbonyl (C=O) groups excluding carboxylic acids is 3. The predicted molar refractivity (Wildman–Crippen MR) is 142 cm³/mol. The molecule has 2 aromatic rings. The Bertz CT molecular complexity index is 1200. The maximum atomic E-state index is 13.7. The van der Waals surface area contributed by atoms with E-state index in [1.54, 1.807) is 18.2 Å². The van der Waals surface area contributed by atoms with Crippen molar-refractivity contribution >= 4 is 33.3 Å². The molecule has 0 aliphatic carbocycles. The summed E-state index contributed by atoms with van der Waals surface area (Å²) in [4.78, 5) is 40.2. The van der Waals surface area contributed by atoms with Crippen molar-refractivity contribution in [3.63, 3.8) is 0 Å². The molecule has 0 aliphatic rings. The zero-order valence-corrected chi connectivity index (χ0v) is 22.8. The first-order chi connectivity index (χ1) is 16.9. The lowest BCUT2D eigenvalue weighted by Crippen LogP contribution is -2.53. The van der Waals surface area contributed by atoms with Gasteiger partial charge in [-0.1, -0.05) is 55.8 Å². The second kappa shape index (κ2) is 12.7. The molecular weight excluding hydrogens is 478 g/mol. The van der Waals surface area contributed by atoms with Crippen molar-refractivity contribution in [2.45, 2.75) is 66.1 Å². The van der Waals surface area contributed by atoms with Gasteiger partial charge in [-0.3, -0.25) is 18.7 Å². The molecule has 2 aromatic carbocycles. The van der Waals surface area contributed by atoms with E-state index in [4.69, 9.17) is 0 Å². The number of rotatable bonds is 12. The fraction of sp³-hybridized carbons (Fsp3) is 0.444. The summed E-state index contributed by atoms with van der Waals surface area (Å²) in [5, 5.41) is 2.95. The van der Waals surface area contributed by atoms with Crippen LogP contribution >= 0.6 is 0 Å².